The molecule has 1 heterocycles. The van der Waals surface area contributed by atoms with Crippen molar-refractivity contribution in [2.24, 2.45) is 0 Å². The van der Waals surface area contributed by atoms with Crippen LogP contribution in [0.2, 0.25) is 0 Å². The molecule has 0 saturated heterocycles. The van der Waals surface area contributed by atoms with Crippen LogP contribution in [0, 0.1) is 12.3 Å². The topological polar surface area (TPSA) is 70.7 Å². The Labute approximate surface area is 101 Å². The molecule has 1 amide bonds. The monoisotopic (exact) mass is 234 g/mol. The van der Waals surface area contributed by atoms with E-state index in [4.69, 9.17) is 6.42 Å². The van der Waals surface area contributed by atoms with E-state index in [0.29, 0.717) is 13.0 Å². The van der Waals surface area contributed by atoms with Crippen LogP contribution in [0.1, 0.15) is 37.9 Å². The minimum Gasteiger partial charge on any atom is -0.356 e. The highest BCUT2D eigenvalue weighted by molar-refractivity contribution is 5.75. The van der Waals surface area contributed by atoms with Crippen molar-refractivity contribution < 1.29 is 4.79 Å². The van der Waals surface area contributed by atoms with E-state index in [1.807, 2.05) is 0 Å². The van der Waals surface area contributed by atoms with Crippen molar-refractivity contribution in [3.63, 3.8) is 0 Å². The molecule has 0 aliphatic carbocycles. The first-order chi connectivity index (χ1) is 8.33. The van der Waals surface area contributed by atoms with E-state index in [1.54, 1.807) is 0 Å². The van der Waals surface area contributed by atoms with E-state index in [-0.39, 0.29) is 5.91 Å². The van der Waals surface area contributed by atoms with E-state index in [1.165, 1.54) is 6.33 Å². The zero-order chi connectivity index (χ0) is 12.3. The summed E-state index contributed by atoms with van der Waals surface area (Å²) in [5, 5.41) is 9.40. The first kappa shape index (κ1) is 13.2. The van der Waals surface area contributed by atoms with Gasteiger partial charge in [-0.15, -0.1) is 12.3 Å². The minimum atomic E-state index is 0.0968. The maximum Gasteiger partial charge on any atom is 0.219 e. The summed E-state index contributed by atoms with van der Waals surface area (Å²) in [6.45, 7) is 0.675. The molecular weight excluding hydrogens is 216 g/mol. The number of unbranched alkanes of at least 4 members (excludes halogenated alkanes) is 2. The van der Waals surface area contributed by atoms with Crippen molar-refractivity contribution in [3.8, 4) is 12.3 Å². The normalized spacial score (nSPS) is 9.82. The summed E-state index contributed by atoms with van der Waals surface area (Å²) in [5.74, 6) is 3.51. The summed E-state index contributed by atoms with van der Waals surface area (Å²) in [5.41, 5.74) is 0. The van der Waals surface area contributed by atoms with Crippen LogP contribution < -0.4 is 5.32 Å². The average Bonchev–Trinajstić information content (AvgIpc) is 2.83. The van der Waals surface area contributed by atoms with Gasteiger partial charge in [0.2, 0.25) is 5.91 Å². The molecule has 0 aromatic carbocycles. The number of carbonyl (C=O) groups is 1. The number of H-pyrrole nitrogens is 1. The van der Waals surface area contributed by atoms with Crippen molar-refractivity contribution in [3.05, 3.63) is 12.2 Å². The van der Waals surface area contributed by atoms with Crippen LogP contribution in [-0.4, -0.2) is 27.6 Å². The molecule has 1 aromatic heterocycles. The van der Waals surface area contributed by atoms with Gasteiger partial charge in [-0.3, -0.25) is 9.89 Å². The summed E-state index contributed by atoms with van der Waals surface area (Å²) in [6.07, 6.45) is 11.4. The molecule has 5 nitrogen and oxygen atoms in total. The number of nitrogens with one attached hydrogen (secondary N) is 2. The highest BCUT2D eigenvalue weighted by atomic mass is 16.1. The Morgan fingerprint density at radius 2 is 2.35 bits per heavy atom. The lowest BCUT2D eigenvalue weighted by molar-refractivity contribution is -0.121. The van der Waals surface area contributed by atoms with Gasteiger partial charge in [0.1, 0.15) is 12.2 Å². The SMILES string of the molecule is C#CCCCCC(=O)NCCCc1ncn[nH]1. The third-order valence-electron chi connectivity index (χ3n) is 2.35. The molecule has 0 bridgehead atoms. The molecule has 92 valence electrons. The first-order valence-electron chi connectivity index (χ1n) is 5.87. The summed E-state index contributed by atoms with van der Waals surface area (Å²) in [6, 6.07) is 0. The number of terminal acetylenes is 1. The van der Waals surface area contributed by atoms with Crippen molar-refractivity contribution in [2.75, 3.05) is 6.54 Å². The largest absolute Gasteiger partial charge is 0.356 e. The maximum atomic E-state index is 11.4. The number of aryl methyl sites for hydroxylation is 1. The molecule has 0 aliphatic rings. The lowest BCUT2D eigenvalue weighted by Gasteiger charge is -2.03. The summed E-state index contributed by atoms with van der Waals surface area (Å²) in [4.78, 5) is 15.4. The third-order valence-corrected chi connectivity index (χ3v) is 2.35. The van der Waals surface area contributed by atoms with Gasteiger partial charge in [-0.1, -0.05) is 0 Å². The highest BCUT2D eigenvalue weighted by Crippen LogP contribution is 1.98. The predicted octanol–water partition coefficient (Wildman–Crippen LogP) is 1.05. The van der Waals surface area contributed by atoms with E-state index in [2.05, 4.69) is 26.4 Å². The van der Waals surface area contributed by atoms with Crippen LogP contribution in [0.4, 0.5) is 0 Å². The molecule has 0 aliphatic heterocycles. The molecular formula is C12H18N4O. The second kappa shape index (κ2) is 8.34. The van der Waals surface area contributed by atoms with E-state index < -0.39 is 0 Å². The Morgan fingerprint density at radius 1 is 1.47 bits per heavy atom. The molecule has 0 radical (unpaired) electrons. The van der Waals surface area contributed by atoms with Gasteiger partial charge in [0.15, 0.2) is 0 Å². The maximum absolute atomic E-state index is 11.4. The van der Waals surface area contributed by atoms with Gasteiger partial charge < -0.3 is 5.32 Å². The third kappa shape index (κ3) is 6.36. The Kier molecular flexibility index (Phi) is 6.49. The van der Waals surface area contributed by atoms with Crippen molar-refractivity contribution >= 4 is 5.91 Å². The number of hydrogen-bond acceptors (Lipinski definition) is 3. The summed E-state index contributed by atoms with van der Waals surface area (Å²) in [7, 11) is 0. The first-order valence-corrected chi connectivity index (χ1v) is 5.87. The van der Waals surface area contributed by atoms with Gasteiger partial charge in [0.25, 0.3) is 0 Å². The highest BCUT2D eigenvalue weighted by Gasteiger charge is 2.00. The minimum absolute atomic E-state index is 0.0968. The van der Waals surface area contributed by atoms with Gasteiger partial charge >= 0.3 is 0 Å². The molecule has 0 spiro atoms. The van der Waals surface area contributed by atoms with Gasteiger partial charge in [-0.2, -0.15) is 5.10 Å². The number of carbonyl (C=O) groups excluding carboxylic acids is 1. The van der Waals surface area contributed by atoms with E-state index in [9.17, 15) is 4.79 Å². The molecule has 5 heteroatoms. The quantitative estimate of drug-likeness (QED) is 0.521. The van der Waals surface area contributed by atoms with Gasteiger partial charge in [0.05, 0.1) is 0 Å². The van der Waals surface area contributed by atoms with Crippen LogP contribution >= 0.6 is 0 Å². The molecule has 2 N–H and O–H groups in total. The fraction of sp³-hybridized carbons (Fsp3) is 0.583. The van der Waals surface area contributed by atoms with Crippen molar-refractivity contribution in [1.29, 1.82) is 0 Å². The van der Waals surface area contributed by atoms with Crippen molar-refractivity contribution in [2.45, 2.75) is 38.5 Å². The van der Waals surface area contributed by atoms with Crippen LogP contribution in [0.5, 0.6) is 0 Å². The van der Waals surface area contributed by atoms with Gasteiger partial charge in [-0.25, -0.2) is 4.98 Å². The lowest BCUT2D eigenvalue weighted by Crippen LogP contribution is -2.24. The Hall–Kier alpha value is -1.83. The summed E-state index contributed by atoms with van der Waals surface area (Å²) >= 11 is 0. The molecule has 0 atom stereocenters. The molecule has 1 rings (SSSR count). The summed E-state index contributed by atoms with van der Waals surface area (Å²) < 4.78 is 0. The molecule has 17 heavy (non-hydrogen) atoms. The fourth-order valence-corrected chi connectivity index (χ4v) is 1.44. The Bertz CT molecular complexity index is 353. The second-order valence-electron chi connectivity index (χ2n) is 3.80. The smallest absolute Gasteiger partial charge is 0.219 e. The number of aromatic amines is 1. The van der Waals surface area contributed by atoms with Crippen LogP contribution in [0.15, 0.2) is 6.33 Å². The number of aromatic nitrogens is 3. The van der Waals surface area contributed by atoms with Crippen LogP contribution in [0.25, 0.3) is 0 Å². The predicted molar refractivity (Wildman–Crippen MR) is 65.0 cm³/mol. The van der Waals surface area contributed by atoms with E-state index >= 15 is 0 Å². The Balaban J connectivity index is 1.95. The van der Waals surface area contributed by atoms with Crippen LogP contribution in [-0.2, 0) is 11.2 Å². The standard InChI is InChI=1S/C12H18N4O/c1-2-3-4-5-8-12(17)13-9-6-7-11-14-10-15-16-11/h1,10H,3-9H2,(H,13,17)(H,14,15,16). The van der Waals surface area contributed by atoms with Gasteiger partial charge in [0, 0.05) is 25.8 Å². The van der Waals surface area contributed by atoms with Gasteiger partial charge in [-0.05, 0) is 19.3 Å². The molecule has 0 fully saturated rings. The number of hydrogen-bond donors (Lipinski definition) is 2. The molecule has 1 aromatic rings. The molecule has 0 unspecified atom stereocenters. The second-order valence-corrected chi connectivity index (χ2v) is 3.80. The fourth-order valence-electron chi connectivity index (χ4n) is 1.44. The lowest BCUT2D eigenvalue weighted by atomic mass is 10.2. The number of rotatable bonds is 8. The van der Waals surface area contributed by atoms with E-state index in [0.717, 1.165) is 37.9 Å². The average molecular weight is 234 g/mol. The number of amides is 1. The van der Waals surface area contributed by atoms with Crippen LogP contribution in [0.3, 0.4) is 0 Å². The zero-order valence-corrected chi connectivity index (χ0v) is 9.91. The zero-order valence-electron chi connectivity index (χ0n) is 9.91. The molecule has 0 saturated carbocycles. The number of nitrogens with zero attached hydrogens (tertiary/aromatic N) is 2. The van der Waals surface area contributed by atoms with Crippen molar-refractivity contribution in [1.82, 2.24) is 20.5 Å². The Morgan fingerprint density at radius 3 is 3.06 bits per heavy atom.